The Balaban J connectivity index is 0.00000176. The fourth-order valence-corrected chi connectivity index (χ4v) is 3.34. The lowest BCUT2D eigenvalue weighted by Crippen LogP contribution is -2.47. The minimum atomic E-state index is -0.0351. The molecule has 1 N–H and O–H groups in total. The molecule has 1 amide bonds. The smallest absolute Gasteiger partial charge is 0.229 e. The second-order valence-corrected chi connectivity index (χ2v) is 6.00. The van der Waals surface area contributed by atoms with Crippen LogP contribution in [0, 0.1) is 5.92 Å². The fourth-order valence-electron chi connectivity index (χ4n) is 3.34. The number of para-hydroxylation sites is 1. The molecule has 1 fully saturated rings. The minimum Gasteiger partial charge on any atom is -0.492 e. The molecule has 2 aliphatic rings. The van der Waals surface area contributed by atoms with Crippen LogP contribution in [0.25, 0.3) is 0 Å². The number of hydrogen-bond acceptors (Lipinski definition) is 3. The summed E-state index contributed by atoms with van der Waals surface area (Å²) < 4.78 is 5.79. The Morgan fingerprint density at radius 2 is 2.23 bits per heavy atom. The van der Waals surface area contributed by atoms with Gasteiger partial charge in [-0.2, -0.15) is 0 Å². The highest BCUT2D eigenvalue weighted by Crippen LogP contribution is 2.28. The Bertz CT molecular complexity index is 503. The predicted octanol–water partition coefficient (Wildman–Crippen LogP) is 2.26. The van der Waals surface area contributed by atoms with E-state index in [1.165, 1.54) is 0 Å². The molecule has 5 heteroatoms. The number of fused-ring (bicyclic) bond motifs is 1. The first kappa shape index (κ1) is 17.1. The number of amides is 1. The largest absolute Gasteiger partial charge is 0.492 e. The fraction of sp³-hybridized carbons (Fsp3) is 0.588. The van der Waals surface area contributed by atoms with Crippen molar-refractivity contribution in [3.8, 4) is 5.75 Å². The SMILES string of the molecule is CCCN(C(=O)C1COc2ccccc2C1)C1CCNC1.Cl. The van der Waals surface area contributed by atoms with Gasteiger partial charge in [0.2, 0.25) is 5.91 Å². The summed E-state index contributed by atoms with van der Waals surface area (Å²) in [6.07, 6.45) is 2.87. The summed E-state index contributed by atoms with van der Waals surface area (Å²) in [5.41, 5.74) is 1.16. The van der Waals surface area contributed by atoms with Crippen molar-refractivity contribution < 1.29 is 9.53 Å². The van der Waals surface area contributed by atoms with Gasteiger partial charge < -0.3 is 15.0 Å². The molecule has 3 rings (SSSR count). The monoisotopic (exact) mass is 324 g/mol. The van der Waals surface area contributed by atoms with Crippen molar-refractivity contribution in [1.82, 2.24) is 10.2 Å². The van der Waals surface area contributed by atoms with E-state index in [0.717, 1.165) is 50.2 Å². The van der Waals surface area contributed by atoms with Gasteiger partial charge in [0.25, 0.3) is 0 Å². The molecule has 0 aromatic heterocycles. The van der Waals surface area contributed by atoms with Gasteiger partial charge in [-0.15, -0.1) is 12.4 Å². The number of hydrogen-bond donors (Lipinski definition) is 1. The third kappa shape index (κ3) is 3.55. The molecule has 122 valence electrons. The van der Waals surface area contributed by atoms with Crippen LogP contribution in [0.2, 0.25) is 0 Å². The lowest BCUT2D eigenvalue weighted by atomic mass is 9.94. The van der Waals surface area contributed by atoms with Crippen molar-refractivity contribution in [2.75, 3.05) is 26.2 Å². The van der Waals surface area contributed by atoms with Crippen molar-refractivity contribution in [2.24, 2.45) is 5.92 Å². The third-order valence-corrected chi connectivity index (χ3v) is 4.45. The molecule has 0 aliphatic carbocycles. The van der Waals surface area contributed by atoms with Gasteiger partial charge in [0.1, 0.15) is 12.4 Å². The van der Waals surface area contributed by atoms with Gasteiger partial charge in [-0.1, -0.05) is 25.1 Å². The average Bonchev–Trinajstić information content (AvgIpc) is 3.05. The van der Waals surface area contributed by atoms with Gasteiger partial charge in [0, 0.05) is 19.1 Å². The maximum Gasteiger partial charge on any atom is 0.229 e. The standard InChI is InChI=1S/C17H24N2O2.ClH/c1-2-9-19(15-7-8-18-11-15)17(20)14-10-13-5-3-4-6-16(13)21-12-14;/h3-6,14-15,18H,2,7-12H2,1H3;1H. The van der Waals surface area contributed by atoms with Crippen LogP contribution in [-0.4, -0.2) is 43.1 Å². The van der Waals surface area contributed by atoms with E-state index >= 15 is 0 Å². The van der Waals surface area contributed by atoms with Crippen LogP contribution in [-0.2, 0) is 11.2 Å². The van der Waals surface area contributed by atoms with E-state index in [2.05, 4.69) is 23.2 Å². The van der Waals surface area contributed by atoms with Crippen LogP contribution in [0.5, 0.6) is 5.75 Å². The molecular weight excluding hydrogens is 300 g/mol. The Hall–Kier alpha value is -1.26. The number of nitrogens with zero attached hydrogens (tertiary/aromatic N) is 1. The highest BCUT2D eigenvalue weighted by molar-refractivity contribution is 5.85. The Morgan fingerprint density at radius 3 is 2.95 bits per heavy atom. The summed E-state index contributed by atoms with van der Waals surface area (Å²) in [5.74, 6) is 1.17. The molecule has 1 saturated heterocycles. The number of carbonyl (C=O) groups is 1. The third-order valence-electron chi connectivity index (χ3n) is 4.45. The van der Waals surface area contributed by atoms with Crippen LogP contribution in [0.4, 0.5) is 0 Å². The maximum absolute atomic E-state index is 12.9. The minimum absolute atomic E-state index is 0. The van der Waals surface area contributed by atoms with E-state index in [-0.39, 0.29) is 24.2 Å². The molecule has 2 atom stereocenters. The molecule has 0 spiro atoms. The molecule has 2 heterocycles. The van der Waals surface area contributed by atoms with Crippen LogP contribution in [0.1, 0.15) is 25.3 Å². The summed E-state index contributed by atoms with van der Waals surface area (Å²) in [6, 6.07) is 8.40. The highest BCUT2D eigenvalue weighted by Gasteiger charge is 2.33. The number of nitrogens with one attached hydrogen (secondary N) is 1. The van der Waals surface area contributed by atoms with Crippen LogP contribution in [0.3, 0.4) is 0 Å². The first-order valence-electron chi connectivity index (χ1n) is 8.01. The zero-order chi connectivity index (χ0) is 14.7. The Morgan fingerprint density at radius 1 is 1.41 bits per heavy atom. The quantitative estimate of drug-likeness (QED) is 0.923. The van der Waals surface area contributed by atoms with Gasteiger partial charge in [-0.05, 0) is 37.4 Å². The number of rotatable bonds is 4. The molecule has 4 nitrogen and oxygen atoms in total. The number of ether oxygens (including phenoxy) is 1. The van der Waals surface area contributed by atoms with Crippen LogP contribution >= 0.6 is 12.4 Å². The summed E-state index contributed by atoms with van der Waals surface area (Å²) in [6.45, 7) is 5.44. The van der Waals surface area contributed by atoms with E-state index in [9.17, 15) is 4.79 Å². The second kappa shape index (κ2) is 7.84. The highest BCUT2D eigenvalue weighted by atomic mass is 35.5. The van der Waals surface area contributed by atoms with Gasteiger partial charge in [-0.3, -0.25) is 4.79 Å². The number of halogens is 1. The van der Waals surface area contributed by atoms with Crippen LogP contribution < -0.4 is 10.1 Å². The predicted molar refractivity (Wildman–Crippen MR) is 89.7 cm³/mol. The van der Waals surface area contributed by atoms with E-state index in [1.807, 2.05) is 18.2 Å². The molecule has 0 bridgehead atoms. The van der Waals surface area contributed by atoms with Gasteiger partial charge in [-0.25, -0.2) is 0 Å². The van der Waals surface area contributed by atoms with Crippen molar-refractivity contribution in [2.45, 2.75) is 32.2 Å². The van der Waals surface area contributed by atoms with Crippen molar-refractivity contribution in [3.63, 3.8) is 0 Å². The molecular formula is C17H25ClN2O2. The van der Waals surface area contributed by atoms with Crippen molar-refractivity contribution >= 4 is 18.3 Å². The zero-order valence-electron chi connectivity index (χ0n) is 13.1. The summed E-state index contributed by atoms with van der Waals surface area (Å²) in [7, 11) is 0. The molecule has 0 saturated carbocycles. The molecule has 1 aromatic carbocycles. The van der Waals surface area contributed by atoms with Crippen LogP contribution in [0.15, 0.2) is 24.3 Å². The van der Waals surface area contributed by atoms with E-state index in [4.69, 9.17) is 4.74 Å². The summed E-state index contributed by atoms with van der Waals surface area (Å²) >= 11 is 0. The molecule has 1 aromatic rings. The molecule has 0 radical (unpaired) electrons. The lowest BCUT2D eigenvalue weighted by molar-refractivity contribution is -0.139. The lowest BCUT2D eigenvalue weighted by Gasteiger charge is -2.33. The second-order valence-electron chi connectivity index (χ2n) is 6.00. The zero-order valence-corrected chi connectivity index (χ0v) is 13.9. The van der Waals surface area contributed by atoms with Gasteiger partial charge in [0.05, 0.1) is 5.92 Å². The summed E-state index contributed by atoms with van der Waals surface area (Å²) in [5, 5.41) is 3.36. The topological polar surface area (TPSA) is 41.6 Å². The normalized spacial score (nSPS) is 23.1. The van der Waals surface area contributed by atoms with Crippen molar-refractivity contribution in [3.05, 3.63) is 29.8 Å². The first-order valence-corrected chi connectivity index (χ1v) is 8.01. The first-order chi connectivity index (χ1) is 10.3. The average molecular weight is 325 g/mol. The number of carbonyl (C=O) groups excluding carboxylic acids is 1. The molecule has 2 aliphatic heterocycles. The van der Waals surface area contributed by atoms with E-state index < -0.39 is 0 Å². The summed E-state index contributed by atoms with van der Waals surface area (Å²) in [4.78, 5) is 15.0. The van der Waals surface area contributed by atoms with Gasteiger partial charge >= 0.3 is 0 Å². The molecule has 22 heavy (non-hydrogen) atoms. The van der Waals surface area contributed by atoms with E-state index in [0.29, 0.717) is 12.6 Å². The van der Waals surface area contributed by atoms with Gasteiger partial charge in [0.15, 0.2) is 0 Å². The Kier molecular flexibility index (Phi) is 6.09. The van der Waals surface area contributed by atoms with E-state index in [1.54, 1.807) is 0 Å². The Labute approximate surface area is 138 Å². The molecule has 2 unspecified atom stereocenters. The maximum atomic E-state index is 12.9. The van der Waals surface area contributed by atoms with Crippen molar-refractivity contribution in [1.29, 1.82) is 0 Å². The number of benzene rings is 1.